The molecule has 0 aliphatic heterocycles. The molecule has 0 unspecified atom stereocenters. The SMILES string of the molecule is CCN(CC)CCNC(=O)N(CCN(CC)CC)c1ccc(-c2n[nH]c3c2Cc2ccccc2-3)cc1. The molecule has 0 atom stereocenters. The zero-order valence-corrected chi connectivity index (χ0v) is 22.2. The number of fused-ring (bicyclic) bond motifs is 3. The molecule has 3 aromatic rings. The number of urea groups is 1. The zero-order chi connectivity index (χ0) is 25.5. The maximum Gasteiger partial charge on any atom is 0.321 e. The van der Waals surface area contributed by atoms with E-state index in [1.807, 2.05) is 17.0 Å². The number of benzene rings is 2. The third-order valence-electron chi connectivity index (χ3n) is 7.35. The smallest absolute Gasteiger partial charge is 0.321 e. The number of carbonyl (C=O) groups is 1. The quantitative estimate of drug-likeness (QED) is 0.299. The van der Waals surface area contributed by atoms with Crippen molar-refractivity contribution in [2.75, 3.05) is 57.3 Å². The van der Waals surface area contributed by atoms with Crippen molar-refractivity contribution in [2.45, 2.75) is 34.1 Å². The van der Waals surface area contributed by atoms with Crippen molar-refractivity contribution in [3.05, 3.63) is 59.7 Å². The minimum atomic E-state index is -0.0434. The van der Waals surface area contributed by atoms with Gasteiger partial charge in [0.1, 0.15) is 0 Å². The van der Waals surface area contributed by atoms with E-state index in [4.69, 9.17) is 0 Å². The molecule has 7 nitrogen and oxygen atoms in total. The maximum absolute atomic E-state index is 13.2. The molecule has 2 aromatic carbocycles. The van der Waals surface area contributed by atoms with Crippen molar-refractivity contribution in [1.29, 1.82) is 0 Å². The first-order valence-electron chi connectivity index (χ1n) is 13.3. The number of H-pyrrole nitrogens is 1. The third-order valence-corrected chi connectivity index (χ3v) is 7.35. The Morgan fingerprint density at radius 1 is 0.889 bits per heavy atom. The maximum atomic E-state index is 13.2. The van der Waals surface area contributed by atoms with Gasteiger partial charge in [-0.25, -0.2) is 4.79 Å². The summed E-state index contributed by atoms with van der Waals surface area (Å²) in [6.45, 7) is 15.5. The number of anilines is 1. The van der Waals surface area contributed by atoms with Gasteiger partial charge in [-0.15, -0.1) is 0 Å². The third kappa shape index (κ3) is 5.63. The van der Waals surface area contributed by atoms with Crippen LogP contribution in [-0.2, 0) is 6.42 Å². The van der Waals surface area contributed by atoms with Gasteiger partial charge in [0.05, 0.1) is 11.4 Å². The number of hydrogen-bond donors (Lipinski definition) is 2. The van der Waals surface area contributed by atoms with Crippen molar-refractivity contribution < 1.29 is 4.79 Å². The number of hydrogen-bond acceptors (Lipinski definition) is 4. The molecular weight excluding hydrogens is 448 g/mol. The van der Waals surface area contributed by atoms with Gasteiger partial charge in [0.15, 0.2) is 0 Å². The molecular formula is C29H40N6O. The summed E-state index contributed by atoms with van der Waals surface area (Å²) in [6, 6.07) is 16.7. The van der Waals surface area contributed by atoms with Crippen LogP contribution in [0.5, 0.6) is 0 Å². The Bertz CT molecular complexity index is 1130. The molecule has 2 amide bonds. The summed E-state index contributed by atoms with van der Waals surface area (Å²) in [7, 11) is 0. The Hall–Kier alpha value is -3.16. The highest BCUT2D eigenvalue weighted by molar-refractivity contribution is 5.92. The van der Waals surface area contributed by atoms with E-state index < -0.39 is 0 Å². The second kappa shape index (κ2) is 12.2. The van der Waals surface area contributed by atoms with Crippen LogP contribution in [0.4, 0.5) is 10.5 Å². The minimum absolute atomic E-state index is 0.0434. The van der Waals surface area contributed by atoms with Gasteiger partial charge in [-0.2, -0.15) is 5.10 Å². The largest absolute Gasteiger partial charge is 0.336 e. The van der Waals surface area contributed by atoms with Crippen molar-refractivity contribution in [1.82, 2.24) is 25.3 Å². The summed E-state index contributed by atoms with van der Waals surface area (Å²) in [4.78, 5) is 19.8. The van der Waals surface area contributed by atoms with Gasteiger partial charge < -0.3 is 15.1 Å². The Balaban J connectivity index is 1.50. The summed E-state index contributed by atoms with van der Waals surface area (Å²) in [5.41, 5.74) is 7.91. The summed E-state index contributed by atoms with van der Waals surface area (Å²) in [6.07, 6.45) is 0.893. The molecule has 1 aromatic heterocycles. The highest BCUT2D eigenvalue weighted by atomic mass is 16.2. The Kier molecular flexibility index (Phi) is 8.78. The van der Waals surface area contributed by atoms with Crippen LogP contribution in [0, 0.1) is 0 Å². The fourth-order valence-electron chi connectivity index (χ4n) is 4.99. The van der Waals surface area contributed by atoms with Crippen LogP contribution < -0.4 is 10.2 Å². The summed E-state index contributed by atoms with van der Waals surface area (Å²) in [5, 5.41) is 11.0. The number of aromatic nitrogens is 2. The Morgan fingerprint density at radius 2 is 1.56 bits per heavy atom. The number of amides is 2. The molecule has 192 valence electrons. The lowest BCUT2D eigenvalue weighted by atomic mass is 10.0. The number of nitrogens with zero attached hydrogens (tertiary/aromatic N) is 4. The van der Waals surface area contributed by atoms with Crippen molar-refractivity contribution in [2.24, 2.45) is 0 Å². The summed E-state index contributed by atoms with van der Waals surface area (Å²) >= 11 is 0. The van der Waals surface area contributed by atoms with Gasteiger partial charge in [0.25, 0.3) is 0 Å². The highest BCUT2D eigenvalue weighted by Crippen LogP contribution is 2.40. The van der Waals surface area contributed by atoms with Crippen LogP contribution in [0.25, 0.3) is 22.5 Å². The normalized spacial score (nSPS) is 12.2. The molecule has 36 heavy (non-hydrogen) atoms. The van der Waals surface area contributed by atoms with E-state index in [0.717, 1.165) is 68.3 Å². The van der Waals surface area contributed by atoms with Crippen LogP contribution in [0.2, 0.25) is 0 Å². The molecule has 1 heterocycles. The van der Waals surface area contributed by atoms with E-state index in [2.05, 4.69) is 89.4 Å². The van der Waals surface area contributed by atoms with Crippen LogP contribution in [-0.4, -0.2) is 78.4 Å². The highest BCUT2D eigenvalue weighted by Gasteiger charge is 2.25. The fraction of sp³-hybridized carbons (Fsp3) is 0.448. The second-order valence-corrected chi connectivity index (χ2v) is 9.24. The second-order valence-electron chi connectivity index (χ2n) is 9.24. The number of likely N-dealkylation sites (N-methyl/N-ethyl adjacent to an activating group) is 2. The van der Waals surface area contributed by atoms with Crippen molar-refractivity contribution in [3.8, 4) is 22.5 Å². The molecule has 0 bridgehead atoms. The van der Waals surface area contributed by atoms with Gasteiger partial charge in [0.2, 0.25) is 0 Å². The predicted octanol–water partition coefficient (Wildman–Crippen LogP) is 4.85. The van der Waals surface area contributed by atoms with Gasteiger partial charge in [-0.3, -0.25) is 10.00 Å². The van der Waals surface area contributed by atoms with Crippen LogP contribution in [0.15, 0.2) is 48.5 Å². The first-order valence-corrected chi connectivity index (χ1v) is 13.3. The lowest BCUT2D eigenvalue weighted by Crippen LogP contribution is -2.46. The first-order chi connectivity index (χ1) is 17.6. The van der Waals surface area contributed by atoms with E-state index in [1.165, 1.54) is 16.7 Å². The minimum Gasteiger partial charge on any atom is -0.336 e. The Morgan fingerprint density at radius 3 is 2.25 bits per heavy atom. The van der Waals surface area contributed by atoms with Crippen LogP contribution >= 0.6 is 0 Å². The standard InChI is InChI=1S/C29H40N6O/c1-5-33(6-2)18-17-30-29(36)35(20-19-34(7-3)8-4)24-15-13-22(14-16-24)27-26-21-23-11-9-10-12-25(23)28(26)32-31-27/h9-16H,5-8,17-21H2,1-4H3,(H,30,36)(H,31,32). The van der Waals surface area contributed by atoms with Crippen molar-refractivity contribution in [3.63, 3.8) is 0 Å². The monoisotopic (exact) mass is 488 g/mol. The van der Waals surface area contributed by atoms with Gasteiger partial charge in [-0.1, -0.05) is 64.1 Å². The van der Waals surface area contributed by atoms with E-state index in [9.17, 15) is 4.79 Å². The summed E-state index contributed by atoms with van der Waals surface area (Å²) in [5.74, 6) is 0. The molecule has 2 N–H and O–H groups in total. The number of aromatic amines is 1. The predicted molar refractivity (Wildman–Crippen MR) is 149 cm³/mol. The fourth-order valence-corrected chi connectivity index (χ4v) is 4.99. The average molecular weight is 489 g/mol. The zero-order valence-electron chi connectivity index (χ0n) is 22.2. The molecule has 0 fully saturated rings. The van der Waals surface area contributed by atoms with Gasteiger partial charge in [0, 0.05) is 55.0 Å². The number of rotatable bonds is 12. The van der Waals surface area contributed by atoms with Crippen LogP contribution in [0.3, 0.4) is 0 Å². The summed E-state index contributed by atoms with van der Waals surface area (Å²) < 4.78 is 0. The lowest BCUT2D eigenvalue weighted by molar-refractivity contribution is 0.240. The molecule has 0 spiro atoms. The molecule has 7 heteroatoms. The van der Waals surface area contributed by atoms with Gasteiger partial charge in [-0.05, 0) is 43.9 Å². The number of carbonyl (C=O) groups excluding carboxylic acids is 1. The van der Waals surface area contributed by atoms with Crippen LogP contribution in [0.1, 0.15) is 38.8 Å². The topological polar surface area (TPSA) is 67.5 Å². The molecule has 0 radical (unpaired) electrons. The molecule has 0 saturated heterocycles. The van der Waals surface area contributed by atoms with E-state index >= 15 is 0 Å². The molecule has 4 rings (SSSR count). The molecule has 1 aliphatic carbocycles. The van der Waals surface area contributed by atoms with E-state index in [1.54, 1.807) is 0 Å². The van der Waals surface area contributed by atoms with Gasteiger partial charge >= 0.3 is 6.03 Å². The van der Waals surface area contributed by atoms with E-state index in [-0.39, 0.29) is 6.03 Å². The lowest BCUT2D eigenvalue weighted by Gasteiger charge is -2.27. The molecule has 0 saturated carbocycles. The molecule has 1 aliphatic rings. The average Bonchev–Trinajstić information content (AvgIpc) is 3.49. The number of nitrogens with one attached hydrogen (secondary N) is 2. The first kappa shape index (κ1) is 25.9. The van der Waals surface area contributed by atoms with Crippen molar-refractivity contribution >= 4 is 11.7 Å². The Labute approximate surface area is 215 Å². The van der Waals surface area contributed by atoms with E-state index in [0.29, 0.717) is 13.1 Å².